The second-order valence-corrected chi connectivity index (χ2v) is 9.57. The van der Waals surface area contributed by atoms with Crippen molar-refractivity contribution >= 4 is 11.3 Å². The predicted octanol–water partition coefficient (Wildman–Crippen LogP) is 2.97. The van der Waals surface area contributed by atoms with Gasteiger partial charge < -0.3 is 0 Å². The molecule has 0 bridgehead atoms. The number of hydrogen-bond acceptors (Lipinski definition) is 5. The first-order valence-electron chi connectivity index (χ1n) is 11.3. The molecular weight excluding hydrogens is 494 g/mol. The molecule has 5 aromatic rings. The molecule has 0 N–H and O–H groups in total. The SMILES string of the molecule is CC[n+]1ccsc1-c1c(-c2ccccc2)cc(-c2ccccc2)cc1-c1ccccc1.[O-][Cl+3]([O-])([O-])[O-]. The van der Waals surface area contributed by atoms with E-state index in [1.165, 1.54) is 44.0 Å². The van der Waals surface area contributed by atoms with Crippen molar-refractivity contribution in [2.24, 2.45) is 0 Å². The van der Waals surface area contributed by atoms with E-state index in [4.69, 9.17) is 18.6 Å². The van der Waals surface area contributed by atoms with E-state index in [1.54, 1.807) is 0 Å². The van der Waals surface area contributed by atoms with Gasteiger partial charge in [-0.3, -0.25) is 0 Å². The Hall–Kier alpha value is -3.36. The Kier molecular flexibility index (Phi) is 8.28. The average Bonchev–Trinajstić information content (AvgIpc) is 3.37. The zero-order valence-corrected chi connectivity index (χ0v) is 21.1. The van der Waals surface area contributed by atoms with Gasteiger partial charge in [-0.1, -0.05) is 102 Å². The molecule has 5 rings (SSSR count). The van der Waals surface area contributed by atoms with Crippen LogP contribution in [0.1, 0.15) is 6.92 Å². The Bertz CT molecular complexity index is 1340. The molecule has 0 aliphatic carbocycles. The number of nitrogens with zero attached hydrogens (tertiary/aromatic N) is 1. The fourth-order valence-electron chi connectivity index (χ4n) is 4.12. The van der Waals surface area contributed by atoms with Crippen LogP contribution in [-0.2, 0) is 6.54 Å². The highest BCUT2D eigenvalue weighted by atomic mass is 35.7. The first kappa shape index (κ1) is 25.7. The van der Waals surface area contributed by atoms with Crippen LogP contribution >= 0.6 is 11.3 Å². The largest absolute Gasteiger partial charge is 0.270 e. The summed E-state index contributed by atoms with van der Waals surface area (Å²) in [6.45, 7) is 3.15. The van der Waals surface area contributed by atoms with Crippen LogP contribution in [0.3, 0.4) is 0 Å². The Morgan fingerprint density at radius 2 is 1.06 bits per heavy atom. The van der Waals surface area contributed by atoms with E-state index in [1.807, 2.05) is 11.3 Å². The molecule has 182 valence electrons. The van der Waals surface area contributed by atoms with E-state index in [2.05, 4.69) is 126 Å². The van der Waals surface area contributed by atoms with E-state index in [9.17, 15) is 0 Å². The van der Waals surface area contributed by atoms with Gasteiger partial charge in [-0.15, -0.1) is 10.2 Å². The van der Waals surface area contributed by atoms with Gasteiger partial charge in [-0.05, 0) is 52.4 Å². The van der Waals surface area contributed by atoms with Crippen molar-refractivity contribution in [3.8, 4) is 44.0 Å². The molecule has 0 aliphatic heterocycles. The smallest absolute Gasteiger partial charge is 0.222 e. The summed E-state index contributed by atoms with van der Waals surface area (Å²) in [5.41, 5.74) is 8.79. The molecule has 0 aliphatic rings. The van der Waals surface area contributed by atoms with Gasteiger partial charge in [0.25, 0.3) is 5.01 Å². The van der Waals surface area contributed by atoms with Gasteiger partial charge in [-0.25, -0.2) is 18.6 Å². The van der Waals surface area contributed by atoms with Gasteiger partial charge in [0.1, 0.15) is 6.54 Å². The summed E-state index contributed by atoms with van der Waals surface area (Å²) in [5, 5.41) is 3.48. The average molecular weight is 518 g/mol. The molecule has 4 aromatic carbocycles. The minimum Gasteiger partial charge on any atom is -0.222 e. The number of thiazole rings is 1. The second-order valence-electron chi connectivity index (χ2n) is 7.92. The van der Waals surface area contributed by atoms with E-state index in [0.29, 0.717) is 0 Å². The Morgan fingerprint density at radius 1 is 0.639 bits per heavy atom. The normalized spacial score (nSPS) is 11.0. The fourth-order valence-corrected chi connectivity index (χ4v) is 5.12. The van der Waals surface area contributed by atoms with Crippen LogP contribution < -0.4 is 23.2 Å². The van der Waals surface area contributed by atoms with Gasteiger partial charge in [0, 0.05) is 0 Å². The van der Waals surface area contributed by atoms with Crippen molar-refractivity contribution in [2.45, 2.75) is 13.5 Å². The number of halogens is 1. The molecule has 1 aromatic heterocycles. The topological polar surface area (TPSA) is 96.1 Å². The van der Waals surface area contributed by atoms with E-state index in [-0.39, 0.29) is 0 Å². The molecule has 0 fully saturated rings. The highest BCUT2D eigenvalue weighted by Gasteiger charge is 2.24. The summed E-state index contributed by atoms with van der Waals surface area (Å²) in [6.07, 6.45) is 2.19. The molecule has 36 heavy (non-hydrogen) atoms. The van der Waals surface area contributed by atoms with E-state index < -0.39 is 10.2 Å². The highest BCUT2D eigenvalue weighted by Crippen LogP contribution is 2.43. The molecule has 0 saturated carbocycles. The third kappa shape index (κ3) is 6.44. The van der Waals surface area contributed by atoms with Crippen molar-refractivity contribution in [2.75, 3.05) is 0 Å². The third-order valence-corrected chi connectivity index (χ3v) is 6.57. The number of hydrogen-bond donors (Lipinski definition) is 0. The Morgan fingerprint density at radius 3 is 1.47 bits per heavy atom. The Labute approximate surface area is 216 Å². The third-order valence-electron chi connectivity index (χ3n) is 5.65. The fraction of sp³-hybridized carbons (Fsp3) is 0.0690. The quantitative estimate of drug-likeness (QED) is 0.335. The summed E-state index contributed by atoms with van der Waals surface area (Å²) in [4.78, 5) is 0. The van der Waals surface area contributed by atoms with Crippen LogP contribution in [0.2, 0.25) is 0 Å². The zero-order chi connectivity index (χ0) is 25.5. The number of aryl methyl sites for hydroxylation is 1. The zero-order valence-electron chi connectivity index (χ0n) is 19.5. The monoisotopic (exact) mass is 517 g/mol. The van der Waals surface area contributed by atoms with Gasteiger partial charge in [0.2, 0.25) is 0 Å². The lowest BCUT2D eigenvalue weighted by Crippen LogP contribution is -2.68. The predicted molar refractivity (Wildman–Crippen MR) is 132 cm³/mol. The standard InChI is InChI=1S/C29H24NS.ClHO4/c1-2-30-18-19-31-29(30)28-26(23-14-8-4-9-15-23)20-25(22-12-6-3-7-13-22)21-27(28)24-16-10-5-11-17-24;2-1(3,4)5/h3-21H,2H2,1H3;(H,2,3,4,5)/q+1;/p-1. The summed E-state index contributed by atoms with van der Waals surface area (Å²) in [5.74, 6) is 0. The highest BCUT2D eigenvalue weighted by molar-refractivity contribution is 7.12. The van der Waals surface area contributed by atoms with Gasteiger partial charge in [0.05, 0.1) is 10.9 Å². The van der Waals surface area contributed by atoms with Crippen LogP contribution in [0, 0.1) is 10.2 Å². The van der Waals surface area contributed by atoms with Crippen LogP contribution in [0.25, 0.3) is 44.0 Å². The van der Waals surface area contributed by atoms with E-state index >= 15 is 0 Å². The maximum absolute atomic E-state index is 8.49. The van der Waals surface area contributed by atoms with Gasteiger partial charge in [-0.2, -0.15) is 4.57 Å². The summed E-state index contributed by atoms with van der Waals surface area (Å²) in [7, 11) is -4.94. The van der Waals surface area contributed by atoms with Crippen LogP contribution in [0.4, 0.5) is 0 Å². The molecule has 7 heteroatoms. The van der Waals surface area contributed by atoms with Crippen LogP contribution in [0.15, 0.2) is 115 Å². The summed E-state index contributed by atoms with van der Waals surface area (Å²) in [6, 6.07) is 36.9. The number of benzene rings is 4. The molecule has 1 heterocycles. The summed E-state index contributed by atoms with van der Waals surface area (Å²) >= 11 is 1.81. The minimum atomic E-state index is -4.94. The molecule has 0 unspecified atom stereocenters. The van der Waals surface area contributed by atoms with Crippen molar-refractivity contribution < 1.29 is 33.4 Å². The molecule has 0 radical (unpaired) electrons. The lowest BCUT2D eigenvalue weighted by atomic mass is 9.88. The maximum Gasteiger partial charge on any atom is 0.270 e. The Balaban J connectivity index is 0.000000556. The van der Waals surface area contributed by atoms with Crippen molar-refractivity contribution in [3.63, 3.8) is 0 Å². The lowest BCUT2D eigenvalue weighted by Gasteiger charge is -2.17. The van der Waals surface area contributed by atoms with Crippen molar-refractivity contribution in [1.29, 1.82) is 0 Å². The first-order chi connectivity index (χ1) is 17.3. The van der Waals surface area contributed by atoms with Gasteiger partial charge >= 0.3 is 0 Å². The van der Waals surface area contributed by atoms with Crippen LogP contribution in [0.5, 0.6) is 0 Å². The molecule has 0 spiro atoms. The van der Waals surface area contributed by atoms with Gasteiger partial charge in [0.15, 0.2) is 6.20 Å². The maximum atomic E-state index is 8.49. The number of rotatable bonds is 5. The molecular formula is C29H24ClNO4S. The van der Waals surface area contributed by atoms with Crippen molar-refractivity contribution in [1.82, 2.24) is 0 Å². The molecule has 0 saturated heterocycles. The summed E-state index contributed by atoms with van der Waals surface area (Å²) < 4.78 is 36.3. The molecule has 5 nitrogen and oxygen atoms in total. The minimum absolute atomic E-state index is 0.946. The van der Waals surface area contributed by atoms with E-state index in [0.717, 1.165) is 6.54 Å². The lowest BCUT2D eigenvalue weighted by molar-refractivity contribution is -2.00. The molecule has 0 atom stereocenters. The first-order valence-corrected chi connectivity index (χ1v) is 13.4. The van der Waals surface area contributed by atoms with Crippen molar-refractivity contribution in [3.05, 3.63) is 115 Å². The number of aromatic nitrogens is 1. The second kappa shape index (κ2) is 11.6. The van der Waals surface area contributed by atoms with Crippen LogP contribution in [-0.4, -0.2) is 0 Å². The molecule has 0 amide bonds.